The number of rotatable bonds is 50. The van der Waals surface area contributed by atoms with Gasteiger partial charge in [-0.1, -0.05) is 251 Å². The molecule has 6 heteroatoms. The molecule has 0 aliphatic carbocycles. The zero-order valence-electron chi connectivity index (χ0n) is 41.2. The minimum atomic E-state index is -0.767. The molecule has 0 aromatic carbocycles. The van der Waals surface area contributed by atoms with Crippen molar-refractivity contribution in [1.82, 2.24) is 0 Å². The Morgan fingerprint density at radius 1 is 0.311 bits per heavy atom. The molecule has 0 bridgehead atoms. The van der Waals surface area contributed by atoms with Crippen LogP contribution >= 0.6 is 0 Å². The van der Waals surface area contributed by atoms with Crippen molar-refractivity contribution < 1.29 is 28.6 Å². The van der Waals surface area contributed by atoms with Crippen LogP contribution in [0.5, 0.6) is 0 Å². The zero-order valence-corrected chi connectivity index (χ0v) is 41.2. The van der Waals surface area contributed by atoms with E-state index in [1.807, 2.05) is 0 Å². The number of allylic oxidation sites excluding steroid dienone is 2. The molecule has 0 amide bonds. The molecule has 0 aromatic heterocycles. The topological polar surface area (TPSA) is 78.9 Å². The van der Waals surface area contributed by atoms with Crippen LogP contribution in [0.25, 0.3) is 0 Å². The van der Waals surface area contributed by atoms with Crippen LogP contribution in [0.1, 0.15) is 303 Å². The second kappa shape index (κ2) is 50.8. The molecule has 0 saturated heterocycles. The molecule has 0 aliphatic rings. The number of esters is 3. The Bertz CT molecular complexity index is 947. The summed E-state index contributed by atoms with van der Waals surface area (Å²) in [6, 6.07) is 0. The molecule has 1 atom stereocenters. The van der Waals surface area contributed by atoms with E-state index in [1.54, 1.807) is 0 Å². The molecular weight excluding hydrogens is 757 g/mol. The van der Waals surface area contributed by atoms with Crippen LogP contribution < -0.4 is 0 Å². The number of ether oxygens (including phenoxy) is 3. The van der Waals surface area contributed by atoms with Crippen molar-refractivity contribution >= 4 is 17.9 Å². The van der Waals surface area contributed by atoms with Gasteiger partial charge in [0.2, 0.25) is 0 Å². The van der Waals surface area contributed by atoms with E-state index in [9.17, 15) is 14.4 Å². The summed E-state index contributed by atoms with van der Waals surface area (Å²) in [4.78, 5) is 37.9. The molecule has 6 nitrogen and oxygen atoms in total. The highest BCUT2D eigenvalue weighted by Gasteiger charge is 2.19. The van der Waals surface area contributed by atoms with Crippen molar-refractivity contribution in [3.63, 3.8) is 0 Å². The Morgan fingerprint density at radius 2 is 0.541 bits per heavy atom. The van der Waals surface area contributed by atoms with Crippen LogP contribution in [-0.4, -0.2) is 37.2 Å². The molecule has 0 spiro atoms. The summed E-state index contributed by atoms with van der Waals surface area (Å²) in [5.74, 6) is -0.860. The third-order valence-electron chi connectivity index (χ3n) is 12.3. The Balaban J connectivity index is 4.23. The monoisotopic (exact) mass is 861 g/mol. The molecule has 0 N–H and O–H groups in total. The molecule has 0 saturated carbocycles. The summed E-state index contributed by atoms with van der Waals surface area (Å²) in [6.45, 7) is 6.65. The van der Waals surface area contributed by atoms with Crippen LogP contribution in [0.15, 0.2) is 12.2 Å². The maximum atomic E-state index is 12.8. The second-order valence-electron chi connectivity index (χ2n) is 18.5. The Morgan fingerprint density at radius 3 is 0.836 bits per heavy atom. The second-order valence-corrected chi connectivity index (χ2v) is 18.5. The van der Waals surface area contributed by atoms with E-state index >= 15 is 0 Å². The summed E-state index contributed by atoms with van der Waals surface area (Å²) in [5, 5.41) is 0. The molecule has 360 valence electrons. The maximum Gasteiger partial charge on any atom is 0.306 e. The fourth-order valence-electron chi connectivity index (χ4n) is 8.14. The van der Waals surface area contributed by atoms with Crippen LogP contribution in [0.2, 0.25) is 0 Å². The van der Waals surface area contributed by atoms with Gasteiger partial charge in [-0.15, -0.1) is 0 Å². The van der Waals surface area contributed by atoms with Crippen LogP contribution in [0.3, 0.4) is 0 Å². The third kappa shape index (κ3) is 49.0. The number of unbranched alkanes of at least 4 members (excludes halogenated alkanes) is 37. The van der Waals surface area contributed by atoms with Gasteiger partial charge in [-0.2, -0.15) is 0 Å². The summed E-state index contributed by atoms with van der Waals surface area (Å²) < 4.78 is 16.8. The van der Waals surface area contributed by atoms with Crippen molar-refractivity contribution in [2.45, 2.75) is 309 Å². The summed E-state index contributed by atoms with van der Waals surface area (Å²) in [7, 11) is 0. The summed E-state index contributed by atoms with van der Waals surface area (Å²) >= 11 is 0. The normalized spacial score (nSPS) is 12.0. The lowest BCUT2D eigenvalue weighted by Crippen LogP contribution is -2.30. The smallest absolute Gasteiger partial charge is 0.306 e. The van der Waals surface area contributed by atoms with Crippen molar-refractivity contribution in [3.8, 4) is 0 Å². The van der Waals surface area contributed by atoms with Gasteiger partial charge in [-0.3, -0.25) is 14.4 Å². The minimum Gasteiger partial charge on any atom is -0.462 e. The van der Waals surface area contributed by atoms with Gasteiger partial charge in [0, 0.05) is 19.3 Å². The zero-order chi connectivity index (χ0) is 44.4. The number of carbonyl (C=O) groups excluding carboxylic acids is 3. The molecular formula is C55H104O6. The minimum absolute atomic E-state index is 0.0680. The first-order chi connectivity index (χ1) is 30.0. The molecule has 0 heterocycles. The number of hydrogen-bond acceptors (Lipinski definition) is 6. The molecule has 0 radical (unpaired) electrons. The van der Waals surface area contributed by atoms with Crippen LogP contribution in [0.4, 0.5) is 0 Å². The molecule has 0 rings (SSSR count). The fraction of sp³-hybridized carbons (Fsp3) is 0.909. The van der Waals surface area contributed by atoms with E-state index in [0.717, 1.165) is 64.2 Å². The van der Waals surface area contributed by atoms with Gasteiger partial charge in [-0.05, 0) is 44.9 Å². The summed E-state index contributed by atoms with van der Waals surface area (Å²) in [5.41, 5.74) is 0. The lowest BCUT2D eigenvalue weighted by molar-refractivity contribution is -0.167. The predicted molar refractivity (Wildman–Crippen MR) is 261 cm³/mol. The molecule has 0 aromatic rings. The predicted octanol–water partition coefficient (Wildman–Crippen LogP) is 17.8. The molecule has 1 unspecified atom stereocenters. The molecule has 61 heavy (non-hydrogen) atoms. The van der Waals surface area contributed by atoms with Crippen LogP contribution in [0, 0.1) is 0 Å². The maximum absolute atomic E-state index is 12.8. The number of hydrogen-bond donors (Lipinski definition) is 0. The van der Waals surface area contributed by atoms with E-state index in [2.05, 4.69) is 32.9 Å². The highest BCUT2D eigenvalue weighted by Crippen LogP contribution is 2.17. The highest BCUT2D eigenvalue weighted by molar-refractivity contribution is 5.71. The Hall–Kier alpha value is -1.85. The van der Waals surface area contributed by atoms with E-state index in [4.69, 9.17) is 14.2 Å². The average Bonchev–Trinajstić information content (AvgIpc) is 3.26. The van der Waals surface area contributed by atoms with Crippen LogP contribution in [-0.2, 0) is 28.6 Å². The van der Waals surface area contributed by atoms with Gasteiger partial charge in [0.25, 0.3) is 0 Å². The summed E-state index contributed by atoms with van der Waals surface area (Å²) in [6.07, 6.45) is 56.3. The van der Waals surface area contributed by atoms with Gasteiger partial charge in [-0.25, -0.2) is 0 Å². The lowest BCUT2D eigenvalue weighted by atomic mass is 10.0. The van der Waals surface area contributed by atoms with Gasteiger partial charge in [0.1, 0.15) is 13.2 Å². The SMILES string of the molecule is CCCCCC/C=C\CCCCCCCC(=O)OC(COC(=O)CCCCCCCCCCCC)COC(=O)CCCCCCCCCCCCCCCCCCCCCC. The van der Waals surface area contributed by atoms with E-state index in [0.29, 0.717) is 19.3 Å². The standard InChI is InChI=1S/C55H104O6/c1-4-7-10-13-16-19-22-24-25-26-27-28-29-30-32-33-36-39-42-45-48-54(57)60-51-52(50-59-53(56)47-44-41-38-35-21-18-15-12-9-6-3)61-55(58)49-46-43-40-37-34-31-23-20-17-14-11-8-5-2/h20,23,52H,4-19,21-22,24-51H2,1-3H3/b23-20-. The van der Waals surface area contributed by atoms with Crippen molar-refractivity contribution in [3.05, 3.63) is 12.2 Å². The van der Waals surface area contributed by atoms with E-state index in [1.165, 1.54) is 199 Å². The quantitative estimate of drug-likeness (QED) is 0.0262. The first kappa shape index (κ1) is 59.1. The highest BCUT2D eigenvalue weighted by atomic mass is 16.6. The first-order valence-electron chi connectivity index (χ1n) is 27.2. The van der Waals surface area contributed by atoms with Crippen molar-refractivity contribution in [2.24, 2.45) is 0 Å². The Labute approximate surface area is 380 Å². The van der Waals surface area contributed by atoms with Gasteiger partial charge >= 0.3 is 17.9 Å². The largest absolute Gasteiger partial charge is 0.462 e. The lowest BCUT2D eigenvalue weighted by Gasteiger charge is -2.18. The average molecular weight is 861 g/mol. The van der Waals surface area contributed by atoms with E-state index in [-0.39, 0.29) is 31.1 Å². The molecule has 0 aliphatic heterocycles. The first-order valence-corrected chi connectivity index (χ1v) is 27.2. The van der Waals surface area contributed by atoms with Crippen molar-refractivity contribution in [1.29, 1.82) is 0 Å². The fourth-order valence-corrected chi connectivity index (χ4v) is 8.14. The third-order valence-corrected chi connectivity index (χ3v) is 12.3. The van der Waals surface area contributed by atoms with Gasteiger partial charge < -0.3 is 14.2 Å². The van der Waals surface area contributed by atoms with E-state index < -0.39 is 6.10 Å². The Kier molecular flexibility index (Phi) is 49.3. The number of carbonyl (C=O) groups is 3. The van der Waals surface area contributed by atoms with Gasteiger partial charge in [0.15, 0.2) is 6.10 Å². The molecule has 0 fully saturated rings. The van der Waals surface area contributed by atoms with Gasteiger partial charge in [0.05, 0.1) is 0 Å². The van der Waals surface area contributed by atoms with Crippen molar-refractivity contribution in [2.75, 3.05) is 13.2 Å².